The van der Waals surface area contributed by atoms with E-state index in [9.17, 15) is 9.59 Å². The minimum Gasteiger partial charge on any atom is -0.294 e. The van der Waals surface area contributed by atoms with Gasteiger partial charge in [0, 0.05) is 26.0 Å². The van der Waals surface area contributed by atoms with E-state index in [1.807, 2.05) is 6.92 Å². The van der Waals surface area contributed by atoms with Gasteiger partial charge in [-0.1, -0.05) is 0 Å². The van der Waals surface area contributed by atoms with Gasteiger partial charge in [-0.15, -0.1) is 0 Å². The van der Waals surface area contributed by atoms with Gasteiger partial charge in [0.05, 0.1) is 28.9 Å². The van der Waals surface area contributed by atoms with Gasteiger partial charge in [-0.05, 0) is 20.8 Å². The van der Waals surface area contributed by atoms with Gasteiger partial charge in [0.2, 0.25) is 0 Å². The molecule has 2 heterocycles. The van der Waals surface area contributed by atoms with Crippen molar-refractivity contribution in [3.8, 4) is 0 Å². The second-order valence-corrected chi connectivity index (χ2v) is 4.99. The molecule has 0 aliphatic rings. The van der Waals surface area contributed by atoms with Crippen LogP contribution in [0.4, 0.5) is 0 Å². The molecule has 2 aromatic heterocycles. The first-order valence-electron chi connectivity index (χ1n) is 6.38. The largest absolute Gasteiger partial charge is 0.294 e. The van der Waals surface area contributed by atoms with Crippen LogP contribution < -0.4 is 0 Å². The molecule has 0 atom stereocenters. The molecule has 0 aliphatic carbocycles. The third-order valence-corrected chi connectivity index (χ3v) is 3.42. The van der Waals surface area contributed by atoms with Crippen LogP contribution in [0.25, 0.3) is 0 Å². The van der Waals surface area contributed by atoms with Crippen LogP contribution in [-0.4, -0.2) is 31.1 Å². The van der Waals surface area contributed by atoms with Crippen molar-refractivity contribution in [2.24, 2.45) is 14.1 Å². The molecule has 0 saturated heterocycles. The lowest BCUT2D eigenvalue weighted by Crippen LogP contribution is -2.11. The highest BCUT2D eigenvalue weighted by Crippen LogP contribution is 2.16. The molecule has 0 saturated carbocycles. The highest BCUT2D eigenvalue weighted by molar-refractivity contribution is 6.14. The summed E-state index contributed by atoms with van der Waals surface area (Å²) in [5.74, 6) is -0.399. The van der Waals surface area contributed by atoms with Gasteiger partial charge in [0.1, 0.15) is 0 Å². The zero-order chi connectivity index (χ0) is 15.0. The average molecular weight is 274 g/mol. The summed E-state index contributed by atoms with van der Waals surface area (Å²) in [7, 11) is 3.53. The number of hydrogen-bond acceptors (Lipinski definition) is 4. The van der Waals surface area contributed by atoms with Crippen LogP contribution >= 0.6 is 0 Å². The Morgan fingerprint density at radius 2 is 1.70 bits per heavy atom. The van der Waals surface area contributed by atoms with Crippen LogP contribution in [0, 0.1) is 20.8 Å². The molecule has 2 rings (SSSR count). The van der Waals surface area contributed by atoms with Crippen LogP contribution in [0.1, 0.15) is 44.2 Å². The van der Waals surface area contributed by atoms with E-state index in [0.29, 0.717) is 22.5 Å². The van der Waals surface area contributed by atoms with E-state index < -0.39 is 0 Å². The summed E-state index contributed by atoms with van der Waals surface area (Å²) >= 11 is 0. The molecule has 0 aliphatic heterocycles. The Bertz CT molecular complexity index is 694. The zero-order valence-electron chi connectivity index (χ0n) is 12.4. The number of carbonyl (C=O) groups is 2. The summed E-state index contributed by atoms with van der Waals surface area (Å²) in [6.45, 7) is 5.37. The first-order chi connectivity index (χ1) is 9.31. The molecule has 0 unspecified atom stereocenters. The normalized spacial score (nSPS) is 10.8. The number of hydrogen-bond donors (Lipinski definition) is 0. The van der Waals surface area contributed by atoms with Crippen LogP contribution in [0.3, 0.4) is 0 Å². The predicted octanol–water partition coefficient (Wildman–Crippen LogP) is 1.53. The van der Waals surface area contributed by atoms with Gasteiger partial charge in [0.15, 0.2) is 11.6 Å². The second-order valence-electron chi connectivity index (χ2n) is 4.99. The Hall–Kier alpha value is -2.24. The van der Waals surface area contributed by atoms with Crippen LogP contribution in [0.5, 0.6) is 0 Å². The average Bonchev–Trinajstić information content (AvgIpc) is 2.79. The zero-order valence-corrected chi connectivity index (χ0v) is 12.4. The summed E-state index contributed by atoms with van der Waals surface area (Å²) < 4.78 is 3.23. The van der Waals surface area contributed by atoms with E-state index in [1.165, 1.54) is 0 Å². The first kappa shape index (κ1) is 14.2. The van der Waals surface area contributed by atoms with Crippen LogP contribution in [0.15, 0.2) is 6.20 Å². The Kier molecular flexibility index (Phi) is 3.57. The van der Waals surface area contributed by atoms with Crippen molar-refractivity contribution in [1.29, 1.82) is 0 Å². The molecule has 6 nitrogen and oxygen atoms in total. The molecule has 0 N–H and O–H groups in total. The second kappa shape index (κ2) is 5.03. The molecule has 2 aromatic rings. The van der Waals surface area contributed by atoms with Gasteiger partial charge in [-0.25, -0.2) is 0 Å². The van der Waals surface area contributed by atoms with Gasteiger partial charge in [-0.3, -0.25) is 19.0 Å². The molecule has 0 amide bonds. The van der Waals surface area contributed by atoms with Crippen molar-refractivity contribution in [1.82, 2.24) is 19.6 Å². The predicted molar refractivity (Wildman–Crippen MR) is 73.9 cm³/mol. The SMILES string of the molecule is Cc1nn(C)cc1C(=O)CC(=O)c1c(C)nn(C)c1C. The Morgan fingerprint density at radius 3 is 2.15 bits per heavy atom. The monoisotopic (exact) mass is 274 g/mol. The third kappa shape index (κ3) is 2.41. The minimum atomic E-state index is -0.205. The van der Waals surface area contributed by atoms with E-state index >= 15 is 0 Å². The fourth-order valence-electron chi connectivity index (χ4n) is 2.38. The Labute approximate surface area is 117 Å². The summed E-state index contributed by atoms with van der Waals surface area (Å²) in [6.07, 6.45) is 1.49. The van der Waals surface area contributed by atoms with Crippen molar-refractivity contribution in [3.63, 3.8) is 0 Å². The maximum absolute atomic E-state index is 12.3. The highest BCUT2D eigenvalue weighted by Gasteiger charge is 2.22. The lowest BCUT2D eigenvalue weighted by atomic mass is 10.0. The van der Waals surface area contributed by atoms with Crippen molar-refractivity contribution in [3.05, 3.63) is 34.4 Å². The molecule has 0 radical (unpaired) electrons. The van der Waals surface area contributed by atoms with Crippen molar-refractivity contribution >= 4 is 11.6 Å². The van der Waals surface area contributed by atoms with E-state index in [2.05, 4.69) is 10.2 Å². The van der Waals surface area contributed by atoms with Crippen LogP contribution in [-0.2, 0) is 14.1 Å². The van der Waals surface area contributed by atoms with E-state index in [0.717, 1.165) is 5.69 Å². The number of aromatic nitrogens is 4. The van der Waals surface area contributed by atoms with Crippen molar-refractivity contribution in [2.75, 3.05) is 0 Å². The van der Waals surface area contributed by atoms with Gasteiger partial charge < -0.3 is 0 Å². The maximum Gasteiger partial charge on any atom is 0.174 e. The molecule has 6 heteroatoms. The van der Waals surface area contributed by atoms with E-state index in [4.69, 9.17) is 0 Å². The van der Waals surface area contributed by atoms with Gasteiger partial charge in [-0.2, -0.15) is 10.2 Å². The molecule has 0 bridgehead atoms. The molecule has 0 aromatic carbocycles. The quantitative estimate of drug-likeness (QED) is 0.626. The first-order valence-corrected chi connectivity index (χ1v) is 6.38. The van der Waals surface area contributed by atoms with Crippen molar-refractivity contribution in [2.45, 2.75) is 27.2 Å². The smallest absolute Gasteiger partial charge is 0.174 e. The molecular formula is C14H18N4O2. The number of Topliss-reactive ketones (excluding diaryl/α,β-unsaturated/α-hetero) is 2. The summed E-state index contributed by atoms with van der Waals surface area (Å²) in [4.78, 5) is 24.5. The molecule has 0 fully saturated rings. The summed E-state index contributed by atoms with van der Waals surface area (Å²) in [5, 5.41) is 8.32. The minimum absolute atomic E-state index is 0.153. The summed E-state index contributed by atoms with van der Waals surface area (Å²) in [6, 6.07) is 0. The number of nitrogens with zero attached hydrogens (tertiary/aromatic N) is 4. The topological polar surface area (TPSA) is 69.8 Å². The molecule has 106 valence electrons. The number of rotatable bonds is 4. The molecule has 20 heavy (non-hydrogen) atoms. The number of ketones is 2. The van der Waals surface area contributed by atoms with Crippen LogP contribution in [0.2, 0.25) is 0 Å². The number of carbonyl (C=O) groups excluding carboxylic acids is 2. The van der Waals surface area contributed by atoms with E-state index in [1.54, 1.807) is 43.5 Å². The lowest BCUT2D eigenvalue weighted by molar-refractivity contribution is 0.0893. The molecular weight excluding hydrogens is 256 g/mol. The Morgan fingerprint density at radius 1 is 1.05 bits per heavy atom. The number of aryl methyl sites for hydroxylation is 4. The van der Waals surface area contributed by atoms with E-state index in [-0.39, 0.29) is 18.0 Å². The lowest BCUT2D eigenvalue weighted by Gasteiger charge is -2.01. The molecule has 0 spiro atoms. The fourth-order valence-corrected chi connectivity index (χ4v) is 2.38. The van der Waals surface area contributed by atoms with Gasteiger partial charge >= 0.3 is 0 Å². The third-order valence-electron chi connectivity index (χ3n) is 3.42. The fraction of sp³-hybridized carbons (Fsp3) is 0.429. The summed E-state index contributed by atoms with van der Waals surface area (Å²) in [5.41, 5.74) is 3.13. The standard InChI is InChI=1S/C14H18N4O2/c1-8-11(7-17(4)15-8)12(19)6-13(20)14-9(2)16-18(5)10(14)3/h7H,6H2,1-5H3. The van der Waals surface area contributed by atoms with Gasteiger partial charge in [0.25, 0.3) is 0 Å². The highest BCUT2D eigenvalue weighted by atomic mass is 16.1. The maximum atomic E-state index is 12.3. The Balaban J connectivity index is 2.24. The van der Waals surface area contributed by atoms with Crippen molar-refractivity contribution < 1.29 is 9.59 Å².